The molecular formula is C17H19N3O5S2. The Morgan fingerprint density at radius 3 is 2.63 bits per heavy atom. The van der Waals surface area contributed by atoms with Gasteiger partial charge in [-0.1, -0.05) is 0 Å². The number of hydrogen-bond donors (Lipinski definition) is 3. The quantitative estimate of drug-likeness (QED) is 0.630. The number of carbonyl (C=O) groups is 2. The highest BCUT2D eigenvalue weighted by Crippen LogP contribution is 2.30. The molecule has 1 heterocycles. The lowest BCUT2D eigenvalue weighted by Gasteiger charge is -2.12. The molecule has 10 heteroatoms. The lowest BCUT2D eigenvalue weighted by atomic mass is 10.2. The molecule has 0 saturated heterocycles. The molecule has 3 rings (SSSR count). The molecule has 2 aromatic rings. The number of nitrogens with one attached hydrogen (secondary N) is 3. The van der Waals surface area contributed by atoms with Crippen molar-refractivity contribution in [1.29, 1.82) is 0 Å². The fourth-order valence-electron chi connectivity index (χ4n) is 2.82. The van der Waals surface area contributed by atoms with Crippen molar-refractivity contribution in [3.63, 3.8) is 0 Å². The zero-order valence-corrected chi connectivity index (χ0v) is 16.4. The third-order valence-electron chi connectivity index (χ3n) is 4.06. The molecule has 0 aliphatic heterocycles. The van der Waals surface area contributed by atoms with Crippen LogP contribution in [0.1, 0.15) is 33.5 Å². The van der Waals surface area contributed by atoms with Crippen LogP contribution in [-0.4, -0.2) is 27.3 Å². The summed E-state index contributed by atoms with van der Waals surface area (Å²) in [5, 5.41) is 2.51. The maximum Gasteiger partial charge on any atom is 0.276 e. The molecule has 1 aliphatic rings. The van der Waals surface area contributed by atoms with Crippen LogP contribution < -0.4 is 20.3 Å². The summed E-state index contributed by atoms with van der Waals surface area (Å²) < 4.78 is 30.0. The summed E-state index contributed by atoms with van der Waals surface area (Å²) in [5.41, 5.74) is 3.60. The number of ether oxygens (including phenoxy) is 1. The number of fused-ring (bicyclic) bond motifs is 1. The van der Waals surface area contributed by atoms with E-state index in [1.54, 1.807) is 6.07 Å². The van der Waals surface area contributed by atoms with Crippen molar-refractivity contribution in [3.05, 3.63) is 39.6 Å². The highest BCUT2D eigenvalue weighted by Gasteiger charge is 2.21. The highest BCUT2D eigenvalue weighted by molar-refractivity contribution is 7.89. The standard InChI is InChI=1S/C17H19N3O5S2/c1-10(21)18-13-9-12(6-7-14(13)25-2)27(23,24)20-19-17(22)16-8-11-4-3-5-15(11)26-16/h6-9,20H,3-5H2,1-2H3,(H,18,21)(H,19,22). The van der Waals surface area contributed by atoms with Crippen molar-refractivity contribution in [1.82, 2.24) is 10.3 Å². The van der Waals surface area contributed by atoms with Crippen molar-refractivity contribution in [2.24, 2.45) is 0 Å². The van der Waals surface area contributed by atoms with E-state index in [0.29, 0.717) is 10.6 Å². The minimum absolute atomic E-state index is 0.124. The average Bonchev–Trinajstić information content (AvgIpc) is 3.21. The molecule has 1 aromatic carbocycles. The summed E-state index contributed by atoms with van der Waals surface area (Å²) in [6, 6.07) is 5.80. The second kappa shape index (κ2) is 7.67. The third-order valence-corrected chi connectivity index (χ3v) is 6.54. The topological polar surface area (TPSA) is 114 Å². The number of anilines is 1. The van der Waals surface area contributed by atoms with Crippen LogP contribution in [0.5, 0.6) is 5.75 Å². The Balaban J connectivity index is 1.73. The smallest absolute Gasteiger partial charge is 0.276 e. The number of benzene rings is 1. The molecule has 0 atom stereocenters. The number of methoxy groups -OCH3 is 1. The van der Waals surface area contributed by atoms with E-state index in [-0.39, 0.29) is 16.5 Å². The van der Waals surface area contributed by atoms with Crippen molar-refractivity contribution in [3.8, 4) is 5.75 Å². The van der Waals surface area contributed by atoms with Gasteiger partial charge in [0.05, 0.1) is 22.6 Å². The minimum atomic E-state index is -4.03. The highest BCUT2D eigenvalue weighted by atomic mass is 32.2. The first-order valence-corrected chi connectivity index (χ1v) is 10.5. The van der Waals surface area contributed by atoms with E-state index in [2.05, 4.69) is 15.6 Å². The van der Waals surface area contributed by atoms with Crippen LogP contribution in [0.15, 0.2) is 29.2 Å². The molecule has 0 fully saturated rings. The van der Waals surface area contributed by atoms with Gasteiger partial charge >= 0.3 is 0 Å². The Morgan fingerprint density at radius 2 is 1.96 bits per heavy atom. The van der Waals surface area contributed by atoms with Gasteiger partial charge in [0, 0.05) is 11.8 Å². The number of hydrogen-bond acceptors (Lipinski definition) is 6. The number of hydrazine groups is 1. The van der Waals surface area contributed by atoms with E-state index in [1.165, 1.54) is 48.4 Å². The average molecular weight is 409 g/mol. The van der Waals surface area contributed by atoms with Gasteiger partial charge in [0.25, 0.3) is 15.9 Å². The van der Waals surface area contributed by atoms with Crippen LogP contribution in [0.25, 0.3) is 0 Å². The van der Waals surface area contributed by atoms with E-state index in [4.69, 9.17) is 4.74 Å². The van der Waals surface area contributed by atoms with Crippen LogP contribution in [0.4, 0.5) is 5.69 Å². The number of amides is 2. The van der Waals surface area contributed by atoms with E-state index in [9.17, 15) is 18.0 Å². The van der Waals surface area contributed by atoms with Gasteiger partial charge < -0.3 is 10.1 Å². The van der Waals surface area contributed by atoms with Crippen molar-refractivity contribution < 1.29 is 22.7 Å². The van der Waals surface area contributed by atoms with Crippen LogP contribution in [-0.2, 0) is 27.7 Å². The monoisotopic (exact) mass is 409 g/mol. The van der Waals surface area contributed by atoms with Gasteiger partial charge in [-0.25, -0.2) is 8.42 Å². The Labute approximate surface area is 160 Å². The van der Waals surface area contributed by atoms with Crippen LogP contribution in [0, 0.1) is 0 Å². The molecule has 0 saturated carbocycles. The Hall–Kier alpha value is -2.43. The van der Waals surface area contributed by atoms with E-state index < -0.39 is 15.9 Å². The van der Waals surface area contributed by atoms with Crippen molar-refractivity contribution >= 4 is 38.9 Å². The summed E-state index contributed by atoms with van der Waals surface area (Å²) in [6.45, 7) is 1.30. The molecule has 1 aromatic heterocycles. The SMILES string of the molecule is COc1ccc(S(=O)(=O)NNC(=O)c2cc3c(s2)CCC3)cc1NC(C)=O. The third kappa shape index (κ3) is 4.29. The fourth-order valence-corrected chi connectivity index (χ4v) is 4.83. The Kier molecular flexibility index (Phi) is 5.49. The zero-order valence-electron chi connectivity index (χ0n) is 14.8. The molecule has 0 radical (unpaired) electrons. The van der Waals surface area contributed by atoms with Crippen molar-refractivity contribution in [2.45, 2.75) is 31.1 Å². The number of aryl methyl sites for hydroxylation is 2. The molecular weight excluding hydrogens is 390 g/mol. The van der Waals surface area contributed by atoms with Gasteiger partial charge in [0.2, 0.25) is 5.91 Å². The van der Waals surface area contributed by atoms with Gasteiger partial charge in [-0.2, -0.15) is 0 Å². The van der Waals surface area contributed by atoms with E-state index >= 15 is 0 Å². The summed E-state index contributed by atoms with van der Waals surface area (Å²) >= 11 is 1.38. The number of sulfonamides is 1. The summed E-state index contributed by atoms with van der Waals surface area (Å²) in [5.74, 6) is -0.551. The zero-order chi connectivity index (χ0) is 19.6. The fraction of sp³-hybridized carbons (Fsp3) is 0.294. The lowest BCUT2D eigenvalue weighted by Crippen LogP contribution is -2.41. The molecule has 0 bridgehead atoms. The maximum atomic E-state index is 12.5. The molecule has 2 amide bonds. The van der Waals surface area contributed by atoms with Gasteiger partial charge in [0.15, 0.2) is 0 Å². The summed E-state index contributed by atoms with van der Waals surface area (Å²) in [7, 11) is -2.62. The van der Waals surface area contributed by atoms with Crippen LogP contribution >= 0.6 is 11.3 Å². The van der Waals surface area contributed by atoms with E-state index in [1.807, 2.05) is 0 Å². The molecule has 27 heavy (non-hydrogen) atoms. The normalized spacial score (nSPS) is 13.1. The molecule has 3 N–H and O–H groups in total. The lowest BCUT2D eigenvalue weighted by molar-refractivity contribution is -0.114. The predicted octanol–water partition coefficient (Wildman–Crippen LogP) is 1.83. The second-order valence-electron chi connectivity index (χ2n) is 6.02. The number of rotatable bonds is 6. The summed E-state index contributed by atoms with van der Waals surface area (Å²) in [6.07, 6.45) is 2.99. The first-order chi connectivity index (χ1) is 12.8. The molecule has 144 valence electrons. The maximum absolute atomic E-state index is 12.5. The first-order valence-electron chi connectivity index (χ1n) is 8.19. The largest absolute Gasteiger partial charge is 0.495 e. The van der Waals surface area contributed by atoms with Crippen molar-refractivity contribution in [2.75, 3.05) is 12.4 Å². The van der Waals surface area contributed by atoms with Gasteiger partial charge in [-0.15, -0.1) is 16.2 Å². The van der Waals surface area contributed by atoms with Crippen LogP contribution in [0.3, 0.4) is 0 Å². The Bertz CT molecular complexity index is 976. The van der Waals surface area contributed by atoms with Gasteiger partial charge in [0.1, 0.15) is 5.75 Å². The number of thiophene rings is 1. The molecule has 1 aliphatic carbocycles. The first kappa shape index (κ1) is 19.3. The van der Waals surface area contributed by atoms with Crippen LogP contribution in [0.2, 0.25) is 0 Å². The van der Waals surface area contributed by atoms with Gasteiger partial charge in [-0.05, 0) is 49.1 Å². The summed E-state index contributed by atoms with van der Waals surface area (Å²) in [4.78, 5) is 27.1. The number of carbonyl (C=O) groups excluding carboxylic acids is 2. The predicted molar refractivity (Wildman–Crippen MR) is 101 cm³/mol. The molecule has 8 nitrogen and oxygen atoms in total. The minimum Gasteiger partial charge on any atom is -0.495 e. The molecule has 0 unspecified atom stereocenters. The Morgan fingerprint density at radius 1 is 1.19 bits per heavy atom. The van der Waals surface area contributed by atoms with E-state index in [0.717, 1.165) is 24.8 Å². The molecule has 0 spiro atoms. The van der Waals surface area contributed by atoms with Gasteiger partial charge in [-0.3, -0.25) is 15.0 Å². The second-order valence-corrected chi connectivity index (χ2v) is 8.83.